The Bertz CT molecular complexity index is 1050. The average molecular weight is 432 g/mol. The zero-order valence-corrected chi connectivity index (χ0v) is 17.7. The lowest BCUT2D eigenvalue weighted by atomic mass is 10.2. The van der Waals surface area contributed by atoms with E-state index in [1.54, 1.807) is 22.7 Å². The number of fused-ring (bicyclic) bond motifs is 1. The molecule has 138 valence electrons. The summed E-state index contributed by atoms with van der Waals surface area (Å²) in [6.45, 7) is 1.09. The Balaban J connectivity index is 1.54. The molecule has 0 unspecified atom stereocenters. The number of para-hydroxylation sites is 1. The van der Waals surface area contributed by atoms with Crippen LogP contribution in [0.2, 0.25) is 0 Å². The Morgan fingerprint density at radius 2 is 2.19 bits per heavy atom. The number of hydrogen-bond donors (Lipinski definition) is 1. The molecule has 0 aliphatic heterocycles. The summed E-state index contributed by atoms with van der Waals surface area (Å²) in [5.41, 5.74) is 3.49. The molecule has 1 saturated carbocycles. The molecule has 1 aromatic carbocycles. The van der Waals surface area contributed by atoms with E-state index >= 15 is 0 Å². The maximum absolute atomic E-state index is 5.95. The fourth-order valence-corrected chi connectivity index (χ4v) is 6.02. The summed E-state index contributed by atoms with van der Waals surface area (Å²) in [4.78, 5) is 9.25. The van der Waals surface area contributed by atoms with Gasteiger partial charge in [0.25, 0.3) is 0 Å². The van der Waals surface area contributed by atoms with E-state index in [4.69, 9.17) is 11.6 Å². The minimum absolute atomic E-state index is 0.510. The number of thiophene rings is 1. The van der Waals surface area contributed by atoms with Gasteiger partial charge in [0.05, 0.1) is 27.0 Å². The highest BCUT2D eigenvalue weighted by Gasteiger charge is 2.26. The topological polar surface area (TPSA) is 31.9 Å². The average Bonchev–Trinajstić information content (AvgIpc) is 3.12. The third-order valence-electron chi connectivity index (χ3n) is 4.63. The molecule has 0 bridgehead atoms. The first-order valence-corrected chi connectivity index (χ1v) is 11.9. The summed E-state index contributed by atoms with van der Waals surface area (Å²) in [7, 11) is 0. The second-order valence-electron chi connectivity index (χ2n) is 6.72. The van der Waals surface area contributed by atoms with E-state index in [2.05, 4.69) is 56.1 Å². The van der Waals surface area contributed by atoms with Crippen LogP contribution in [0.1, 0.15) is 17.7 Å². The fourth-order valence-electron chi connectivity index (χ4n) is 3.10. The van der Waals surface area contributed by atoms with E-state index in [0.29, 0.717) is 5.88 Å². The molecule has 0 atom stereocenters. The summed E-state index contributed by atoms with van der Waals surface area (Å²) in [6.07, 6.45) is 4.55. The van der Waals surface area contributed by atoms with Crippen LogP contribution in [-0.2, 0) is 5.88 Å². The number of aromatic nitrogens is 2. The number of anilines is 1. The number of rotatable bonds is 7. The third kappa shape index (κ3) is 3.76. The van der Waals surface area contributed by atoms with Crippen molar-refractivity contribution >= 4 is 62.8 Å². The number of nitrogens with one attached hydrogen (secondary N) is 1. The highest BCUT2D eigenvalue weighted by Crippen LogP contribution is 2.41. The van der Waals surface area contributed by atoms with Crippen molar-refractivity contribution in [2.45, 2.75) is 22.9 Å². The predicted octanol–water partition coefficient (Wildman–Crippen LogP) is 7.02. The van der Waals surface area contributed by atoms with Crippen LogP contribution in [0.4, 0.5) is 5.69 Å². The van der Waals surface area contributed by atoms with Crippen LogP contribution in [-0.4, -0.2) is 16.5 Å². The van der Waals surface area contributed by atoms with Gasteiger partial charge in [-0.05, 0) is 54.3 Å². The first-order valence-electron chi connectivity index (χ1n) is 8.92. The van der Waals surface area contributed by atoms with Crippen molar-refractivity contribution in [3.63, 3.8) is 0 Å². The lowest BCUT2D eigenvalue weighted by Crippen LogP contribution is -2.17. The Labute approximate surface area is 175 Å². The molecule has 5 rings (SSSR count). The molecule has 3 aromatic heterocycles. The van der Waals surface area contributed by atoms with E-state index in [-0.39, 0.29) is 0 Å². The van der Waals surface area contributed by atoms with Crippen LogP contribution < -0.4 is 4.31 Å². The number of thiazole rings is 1. The highest BCUT2D eigenvalue weighted by molar-refractivity contribution is 8.02. The molecule has 4 aromatic rings. The molecular formula is C20H18ClN3S3. The summed E-state index contributed by atoms with van der Waals surface area (Å²) < 4.78 is 3.78. The van der Waals surface area contributed by atoms with Gasteiger partial charge in [0.2, 0.25) is 0 Å². The van der Waals surface area contributed by atoms with Crippen molar-refractivity contribution in [1.82, 2.24) is 9.97 Å². The standard InChI is InChI=1S/C20H18ClN3S3/c21-10-15-11-22-20(26-15)16-9-14-3-1-4-17(19(14)23-16)24(12-13-6-7-13)27-18-5-2-8-25-18/h1-5,8-9,11,13,23H,6-7,10,12H2. The second kappa shape index (κ2) is 7.51. The maximum Gasteiger partial charge on any atom is 0.139 e. The van der Waals surface area contributed by atoms with Gasteiger partial charge in [0, 0.05) is 23.0 Å². The van der Waals surface area contributed by atoms with Crippen molar-refractivity contribution < 1.29 is 0 Å². The van der Waals surface area contributed by atoms with Crippen molar-refractivity contribution in [3.05, 3.63) is 52.9 Å². The SMILES string of the molecule is ClCc1cnc(-c2cc3cccc(N(CC4CC4)Sc4cccs4)c3[nH]2)s1. The quantitative estimate of drug-likeness (QED) is 0.252. The number of hydrogen-bond acceptors (Lipinski definition) is 5. The molecule has 27 heavy (non-hydrogen) atoms. The van der Waals surface area contributed by atoms with Crippen LogP contribution >= 0.6 is 46.2 Å². The largest absolute Gasteiger partial charge is 0.351 e. The molecule has 0 amide bonds. The summed E-state index contributed by atoms with van der Waals surface area (Å²) in [6, 6.07) is 13.0. The minimum atomic E-state index is 0.510. The van der Waals surface area contributed by atoms with Gasteiger partial charge < -0.3 is 9.29 Å². The zero-order chi connectivity index (χ0) is 18.2. The van der Waals surface area contributed by atoms with Gasteiger partial charge in [-0.15, -0.1) is 34.3 Å². The molecule has 1 N–H and O–H groups in total. The van der Waals surface area contributed by atoms with Gasteiger partial charge in [0.15, 0.2) is 0 Å². The number of benzene rings is 1. The zero-order valence-electron chi connectivity index (χ0n) is 14.5. The van der Waals surface area contributed by atoms with Crippen LogP contribution in [0.3, 0.4) is 0 Å². The lowest BCUT2D eigenvalue weighted by Gasteiger charge is -2.23. The maximum atomic E-state index is 5.95. The number of halogens is 1. The Kier molecular flexibility index (Phi) is 4.90. The van der Waals surface area contributed by atoms with E-state index in [9.17, 15) is 0 Å². The normalized spacial score (nSPS) is 14.1. The molecule has 3 nitrogen and oxygen atoms in total. The Morgan fingerprint density at radius 1 is 1.26 bits per heavy atom. The molecule has 3 heterocycles. The van der Waals surface area contributed by atoms with Crippen LogP contribution in [0, 0.1) is 5.92 Å². The molecule has 1 fully saturated rings. The molecule has 0 radical (unpaired) electrons. The first-order chi connectivity index (χ1) is 13.3. The van der Waals surface area contributed by atoms with E-state index in [1.807, 2.05) is 18.1 Å². The number of nitrogens with zero attached hydrogens (tertiary/aromatic N) is 2. The van der Waals surface area contributed by atoms with Gasteiger partial charge in [-0.25, -0.2) is 4.98 Å². The van der Waals surface area contributed by atoms with Gasteiger partial charge in [0.1, 0.15) is 5.01 Å². The molecule has 0 spiro atoms. The highest BCUT2D eigenvalue weighted by atomic mass is 35.5. The first kappa shape index (κ1) is 17.6. The van der Waals surface area contributed by atoms with Gasteiger partial charge >= 0.3 is 0 Å². The second-order valence-corrected chi connectivity index (χ2v) is 10.4. The van der Waals surface area contributed by atoms with E-state index in [1.165, 1.54) is 33.6 Å². The molecule has 1 aliphatic carbocycles. The predicted molar refractivity (Wildman–Crippen MR) is 119 cm³/mol. The van der Waals surface area contributed by atoms with Gasteiger partial charge in [-0.3, -0.25) is 0 Å². The van der Waals surface area contributed by atoms with E-state index in [0.717, 1.165) is 28.0 Å². The molecule has 7 heteroatoms. The molecule has 1 aliphatic rings. The lowest BCUT2D eigenvalue weighted by molar-refractivity contribution is 0.850. The van der Waals surface area contributed by atoms with Crippen molar-refractivity contribution in [3.8, 4) is 10.7 Å². The van der Waals surface area contributed by atoms with Crippen LogP contribution in [0.25, 0.3) is 21.6 Å². The van der Waals surface area contributed by atoms with E-state index < -0.39 is 0 Å². The van der Waals surface area contributed by atoms with Crippen molar-refractivity contribution in [1.29, 1.82) is 0 Å². The summed E-state index contributed by atoms with van der Waals surface area (Å²) >= 11 is 11.2. The number of alkyl halides is 1. The Hall–Kier alpha value is -1.47. The number of aromatic amines is 1. The number of H-pyrrole nitrogens is 1. The van der Waals surface area contributed by atoms with Crippen LogP contribution in [0.15, 0.2) is 52.2 Å². The summed E-state index contributed by atoms with van der Waals surface area (Å²) in [5.74, 6) is 1.32. The molecule has 0 saturated heterocycles. The van der Waals surface area contributed by atoms with Gasteiger partial charge in [-0.1, -0.05) is 18.2 Å². The minimum Gasteiger partial charge on any atom is -0.351 e. The third-order valence-corrected chi connectivity index (χ3v) is 8.17. The summed E-state index contributed by atoms with van der Waals surface area (Å²) in [5, 5.41) is 4.35. The van der Waals surface area contributed by atoms with Crippen molar-refractivity contribution in [2.75, 3.05) is 10.8 Å². The van der Waals surface area contributed by atoms with Gasteiger partial charge in [-0.2, -0.15) is 0 Å². The molecular weight excluding hydrogens is 414 g/mol. The van der Waals surface area contributed by atoms with Crippen LogP contribution in [0.5, 0.6) is 0 Å². The smallest absolute Gasteiger partial charge is 0.139 e. The van der Waals surface area contributed by atoms with Crippen molar-refractivity contribution in [2.24, 2.45) is 5.92 Å². The monoisotopic (exact) mass is 431 g/mol. The fraction of sp³-hybridized carbons (Fsp3) is 0.250. The Morgan fingerprint density at radius 3 is 2.93 bits per heavy atom.